The fourth-order valence-electron chi connectivity index (χ4n) is 3.54. The molecule has 150 valence electrons. The SMILES string of the molecule is CCN(C(=O)COC1CCCC1)c1c(N)n(Cc2ccccc2)c(=O)[nH]c1=O. The van der Waals surface area contributed by atoms with E-state index in [9.17, 15) is 14.4 Å². The number of carbonyl (C=O) groups is 1. The van der Waals surface area contributed by atoms with E-state index in [4.69, 9.17) is 10.5 Å². The van der Waals surface area contributed by atoms with Crippen LogP contribution in [0.3, 0.4) is 0 Å². The summed E-state index contributed by atoms with van der Waals surface area (Å²) >= 11 is 0. The number of nitrogens with zero attached hydrogens (tertiary/aromatic N) is 2. The van der Waals surface area contributed by atoms with Crippen LogP contribution < -0.4 is 21.9 Å². The highest BCUT2D eigenvalue weighted by molar-refractivity contribution is 5.96. The zero-order valence-electron chi connectivity index (χ0n) is 16.0. The lowest BCUT2D eigenvalue weighted by Crippen LogP contribution is -2.42. The third-order valence-electron chi connectivity index (χ3n) is 5.03. The number of H-pyrrole nitrogens is 1. The molecule has 2 aromatic rings. The summed E-state index contributed by atoms with van der Waals surface area (Å²) in [6.07, 6.45) is 4.19. The average Bonchev–Trinajstić information content (AvgIpc) is 3.21. The lowest BCUT2D eigenvalue weighted by molar-refractivity contribution is -0.124. The molecule has 1 heterocycles. The molecular formula is C20H26N4O4. The number of benzene rings is 1. The Kier molecular flexibility index (Phi) is 6.30. The number of aromatic nitrogens is 2. The van der Waals surface area contributed by atoms with Gasteiger partial charge in [-0.1, -0.05) is 43.2 Å². The van der Waals surface area contributed by atoms with Crippen molar-refractivity contribution in [2.75, 3.05) is 23.8 Å². The Morgan fingerprint density at radius 3 is 2.57 bits per heavy atom. The van der Waals surface area contributed by atoms with Gasteiger partial charge in [-0.3, -0.25) is 19.1 Å². The Balaban J connectivity index is 1.88. The highest BCUT2D eigenvalue weighted by atomic mass is 16.5. The first-order chi connectivity index (χ1) is 13.5. The summed E-state index contributed by atoms with van der Waals surface area (Å²) in [5.74, 6) is -0.384. The molecule has 28 heavy (non-hydrogen) atoms. The average molecular weight is 386 g/mol. The van der Waals surface area contributed by atoms with Gasteiger partial charge in [-0.25, -0.2) is 4.79 Å². The van der Waals surface area contributed by atoms with Crippen molar-refractivity contribution in [1.82, 2.24) is 9.55 Å². The molecule has 0 unspecified atom stereocenters. The van der Waals surface area contributed by atoms with Gasteiger partial charge in [0.05, 0.1) is 12.6 Å². The minimum Gasteiger partial charge on any atom is -0.383 e. The molecule has 0 radical (unpaired) electrons. The summed E-state index contributed by atoms with van der Waals surface area (Å²) in [4.78, 5) is 41.0. The van der Waals surface area contributed by atoms with Crippen LogP contribution in [-0.2, 0) is 16.1 Å². The lowest BCUT2D eigenvalue weighted by atomic mass is 10.2. The van der Waals surface area contributed by atoms with Gasteiger partial charge in [-0.05, 0) is 25.3 Å². The van der Waals surface area contributed by atoms with E-state index in [0.29, 0.717) is 0 Å². The number of carbonyl (C=O) groups excluding carboxylic acids is 1. The zero-order valence-corrected chi connectivity index (χ0v) is 16.0. The smallest absolute Gasteiger partial charge is 0.330 e. The van der Waals surface area contributed by atoms with E-state index >= 15 is 0 Å². The number of anilines is 2. The van der Waals surface area contributed by atoms with Gasteiger partial charge in [-0.2, -0.15) is 0 Å². The number of hydrogen-bond donors (Lipinski definition) is 2. The van der Waals surface area contributed by atoms with E-state index in [0.717, 1.165) is 31.2 Å². The van der Waals surface area contributed by atoms with Crippen LogP contribution in [-0.4, -0.2) is 34.7 Å². The first-order valence-corrected chi connectivity index (χ1v) is 9.59. The Bertz CT molecular complexity index is 929. The molecule has 0 bridgehead atoms. The van der Waals surface area contributed by atoms with Crippen molar-refractivity contribution in [2.45, 2.75) is 45.3 Å². The molecule has 0 spiro atoms. The molecule has 1 aliphatic rings. The molecule has 3 N–H and O–H groups in total. The van der Waals surface area contributed by atoms with Crippen LogP contribution in [0, 0.1) is 0 Å². The number of nitrogens with one attached hydrogen (secondary N) is 1. The van der Waals surface area contributed by atoms with Crippen LogP contribution in [0.5, 0.6) is 0 Å². The van der Waals surface area contributed by atoms with Gasteiger partial charge in [0.15, 0.2) is 5.69 Å². The largest absolute Gasteiger partial charge is 0.383 e. The first kappa shape index (κ1) is 19.9. The molecule has 8 nitrogen and oxygen atoms in total. The quantitative estimate of drug-likeness (QED) is 0.749. The molecule has 1 saturated carbocycles. The fraction of sp³-hybridized carbons (Fsp3) is 0.450. The van der Waals surface area contributed by atoms with Gasteiger partial charge < -0.3 is 15.4 Å². The standard InChI is InChI=1S/C20H26N4O4/c1-2-23(16(25)13-28-15-10-6-7-11-15)17-18(21)24(20(27)22-19(17)26)12-14-8-4-3-5-9-14/h3-5,8-9,15H,2,6-7,10-13,21H2,1H3,(H,22,26,27). The van der Waals surface area contributed by atoms with Crippen molar-refractivity contribution in [3.05, 3.63) is 56.7 Å². The van der Waals surface area contributed by atoms with E-state index in [1.54, 1.807) is 6.92 Å². The van der Waals surface area contributed by atoms with E-state index in [1.165, 1.54) is 9.47 Å². The van der Waals surface area contributed by atoms with Gasteiger partial charge in [0.25, 0.3) is 11.5 Å². The number of amides is 1. The number of likely N-dealkylation sites (N-methyl/N-ethyl adjacent to an activating group) is 1. The van der Waals surface area contributed by atoms with E-state index < -0.39 is 11.2 Å². The van der Waals surface area contributed by atoms with Crippen molar-refractivity contribution in [1.29, 1.82) is 0 Å². The van der Waals surface area contributed by atoms with E-state index in [-0.39, 0.29) is 43.2 Å². The summed E-state index contributed by atoms with van der Waals surface area (Å²) in [5, 5.41) is 0. The molecule has 1 aromatic heterocycles. The van der Waals surface area contributed by atoms with Crippen LogP contribution in [0.25, 0.3) is 0 Å². The number of aromatic amines is 1. The predicted octanol–water partition coefficient (Wildman–Crippen LogP) is 1.48. The molecule has 3 rings (SSSR count). The van der Waals surface area contributed by atoms with Gasteiger partial charge in [0, 0.05) is 6.54 Å². The zero-order chi connectivity index (χ0) is 20.1. The molecule has 1 amide bonds. The summed E-state index contributed by atoms with van der Waals surface area (Å²) in [7, 11) is 0. The monoisotopic (exact) mass is 386 g/mol. The molecule has 0 aliphatic heterocycles. The van der Waals surface area contributed by atoms with Gasteiger partial charge in [0.2, 0.25) is 0 Å². The van der Waals surface area contributed by atoms with Crippen molar-refractivity contribution in [3.63, 3.8) is 0 Å². The molecule has 1 aliphatic carbocycles. The minimum absolute atomic E-state index is 0.0157. The Hall–Kier alpha value is -2.87. The second-order valence-corrected chi connectivity index (χ2v) is 6.92. The number of nitrogen functional groups attached to an aromatic ring is 1. The van der Waals surface area contributed by atoms with Crippen LogP contribution in [0.2, 0.25) is 0 Å². The highest BCUT2D eigenvalue weighted by Gasteiger charge is 2.24. The molecular weight excluding hydrogens is 360 g/mol. The number of hydrogen-bond acceptors (Lipinski definition) is 5. The van der Waals surface area contributed by atoms with Gasteiger partial charge in [-0.15, -0.1) is 0 Å². The van der Waals surface area contributed by atoms with Crippen LogP contribution in [0.1, 0.15) is 38.2 Å². The summed E-state index contributed by atoms with van der Waals surface area (Å²) in [6.45, 7) is 2.07. The Morgan fingerprint density at radius 1 is 1.25 bits per heavy atom. The van der Waals surface area contributed by atoms with Crippen molar-refractivity contribution < 1.29 is 9.53 Å². The van der Waals surface area contributed by atoms with Crippen LogP contribution >= 0.6 is 0 Å². The van der Waals surface area contributed by atoms with Crippen molar-refractivity contribution >= 4 is 17.4 Å². The van der Waals surface area contributed by atoms with E-state index in [2.05, 4.69) is 4.98 Å². The third-order valence-corrected chi connectivity index (χ3v) is 5.03. The predicted molar refractivity (Wildman–Crippen MR) is 108 cm³/mol. The highest BCUT2D eigenvalue weighted by Crippen LogP contribution is 2.22. The van der Waals surface area contributed by atoms with Crippen molar-refractivity contribution in [2.24, 2.45) is 0 Å². The number of ether oxygens (including phenoxy) is 1. The fourth-order valence-corrected chi connectivity index (χ4v) is 3.54. The second kappa shape index (κ2) is 8.88. The molecule has 0 atom stereocenters. The first-order valence-electron chi connectivity index (χ1n) is 9.59. The molecule has 1 aromatic carbocycles. The maximum Gasteiger partial charge on any atom is 0.330 e. The van der Waals surface area contributed by atoms with Gasteiger partial charge >= 0.3 is 5.69 Å². The molecule has 1 fully saturated rings. The summed E-state index contributed by atoms with van der Waals surface area (Å²) in [5.41, 5.74) is 5.72. The Labute approximate surface area is 162 Å². The summed E-state index contributed by atoms with van der Waals surface area (Å²) in [6, 6.07) is 9.29. The third kappa shape index (κ3) is 4.33. The molecule has 8 heteroatoms. The molecule has 0 saturated heterocycles. The minimum atomic E-state index is -0.678. The Morgan fingerprint density at radius 2 is 1.93 bits per heavy atom. The summed E-state index contributed by atoms with van der Waals surface area (Å²) < 4.78 is 6.95. The van der Waals surface area contributed by atoms with Gasteiger partial charge in [0.1, 0.15) is 12.4 Å². The number of nitrogens with two attached hydrogens (primary N) is 1. The topological polar surface area (TPSA) is 110 Å². The van der Waals surface area contributed by atoms with Crippen LogP contribution in [0.4, 0.5) is 11.5 Å². The lowest BCUT2D eigenvalue weighted by Gasteiger charge is -2.24. The maximum absolute atomic E-state index is 12.7. The van der Waals surface area contributed by atoms with Crippen molar-refractivity contribution in [3.8, 4) is 0 Å². The van der Waals surface area contributed by atoms with E-state index in [1.807, 2.05) is 30.3 Å². The maximum atomic E-state index is 12.7. The number of rotatable bonds is 7. The van der Waals surface area contributed by atoms with Crippen LogP contribution in [0.15, 0.2) is 39.9 Å². The normalized spacial score (nSPS) is 14.3. The second-order valence-electron chi connectivity index (χ2n) is 6.92.